The smallest absolute Gasteiger partial charge is 0.116 e. The molecule has 3 saturated heterocycles. The van der Waals surface area contributed by atoms with E-state index in [2.05, 4.69) is 0 Å². The molecule has 0 aromatic heterocycles. The van der Waals surface area contributed by atoms with Gasteiger partial charge in [0.1, 0.15) is 24.4 Å². The summed E-state index contributed by atoms with van der Waals surface area (Å²) in [4.78, 5) is 0. The molecule has 3 aliphatic heterocycles. The Kier molecular flexibility index (Phi) is 1.24. The summed E-state index contributed by atoms with van der Waals surface area (Å²) in [6.45, 7) is 1.60. The summed E-state index contributed by atoms with van der Waals surface area (Å²) >= 11 is 0. The van der Waals surface area contributed by atoms with Crippen LogP contribution in [-0.4, -0.2) is 49.8 Å². The monoisotopic (exact) mass is 184 g/mol. The molecule has 1 saturated carbocycles. The molecule has 13 heavy (non-hydrogen) atoms. The molecular formula is C9H12O4. The summed E-state index contributed by atoms with van der Waals surface area (Å²) in [5.74, 6) is 0. The van der Waals surface area contributed by atoms with E-state index in [-0.39, 0.29) is 6.10 Å². The fourth-order valence-electron chi connectivity index (χ4n) is 2.26. The average molecular weight is 184 g/mol. The Morgan fingerprint density at radius 1 is 1.15 bits per heavy atom. The van der Waals surface area contributed by atoms with E-state index in [1.165, 1.54) is 0 Å². The minimum Gasteiger partial charge on any atom is -0.373 e. The second kappa shape index (κ2) is 2.25. The van der Waals surface area contributed by atoms with Crippen molar-refractivity contribution in [2.75, 3.05) is 13.2 Å². The molecule has 0 amide bonds. The molecule has 0 radical (unpaired) electrons. The second-order valence-electron chi connectivity index (χ2n) is 4.27. The van der Waals surface area contributed by atoms with Gasteiger partial charge in [0.25, 0.3) is 0 Å². The quantitative estimate of drug-likeness (QED) is 0.565. The summed E-state index contributed by atoms with van der Waals surface area (Å²) in [5.41, 5.74) is 0. The topological polar surface area (TPSA) is 46.8 Å². The third kappa shape index (κ3) is 1.13. The lowest BCUT2D eigenvalue weighted by Crippen LogP contribution is -2.31. The lowest BCUT2D eigenvalue weighted by Gasteiger charge is -2.15. The van der Waals surface area contributed by atoms with E-state index in [1.54, 1.807) is 0 Å². The van der Waals surface area contributed by atoms with E-state index in [0.717, 1.165) is 19.6 Å². The van der Waals surface area contributed by atoms with E-state index in [9.17, 15) is 0 Å². The molecule has 4 aliphatic rings. The second-order valence-corrected chi connectivity index (χ2v) is 4.27. The van der Waals surface area contributed by atoms with Crippen LogP contribution in [0.25, 0.3) is 0 Å². The molecule has 6 unspecified atom stereocenters. The van der Waals surface area contributed by atoms with Crippen LogP contribution in [0.3, 0.4) is 0 Å². The minimum atomic E-state index is 0.262. The lowest BCUT2D eigenvalue weighted by molar-refractivity contribution is 0.0150. The van der Waals surface area contributed by atoms with Crippen LogP contribution in [0.2, 0.25) is 0 Å². The first-order valence-corrected chi connectivity index (χ1v) is 4.96. The predicted octanol–water partition coefficient (Wildman–Crippen LogP) is -0.291. The third-order valence-corrected chi connectivity index (χ3v) is 3.24. The van der Waals surface area contributed by atoms with Crippen LogP contribution in [-0.2, 0) is 18.9 Å². The zero-order chi connectivity index (χ0) is 8.41. The Hall–Kier alpha value is -0.160. The predicted molar refractivity (Wildman–Crippen MR) is 41.4 cm³/mol. The molecule has 1 aliphatic carbocycles. The summed E-state index contributed by atoms with van der Waals surface area (Å²) < 4.78 is 21.8. The fraction of sp³-hybridized carbons (Fsp3) is 1.00. The molecule has 3 heterocycles. The van der Waals surface area contributed by atoms with Crippen LogP contribution in [0.1, 0.15) is 6.42 Å². The number of ether oxygens (including phenoxy) is 4. The number of rotatable bonds is 3. The molecule has 0 aromatic carbocycles. The van der Waals surface area contributed by atoms with Gasteiger partial charge in [-0.15, -0.1) is 0 Å². The van der Waals surface area contributed by atoms with Gasteiger partial charge in [-0.25, -0.2) is 0 Å². The van der Waals surface area contributed by atoms with E-state index in [4.69, 9.17) is 18.9 Å². The van der Waals surface area contributed by atoms with Gasteiger partial charge in [-0.3, -0.25) is 0 Å². The van der Waals surface area contributed by atoms with Gasteiger partial charge >= 0.3 is 0 Å². The Balaban J connectivity index is 1.37. The van der Waals surface area contributed by atoms with E-state index in [0.29, 0.717) is 30.5 Å². The van der Waals surface area contributed by atoms with Crippen molar-refractivity contribution in [1.29, 1.82) is 0 Å². The fourth-order valence-corrected chi connectivity index (χ4v) is 2.26. The number of epoxide rings is 3. The van der Waals surface area contributed by atoms with Crippen molar-refractivity contribution >= 4 is 0 Å². The SMILES string of the molecule is C1OC1COC1CC2OC2C2OC12. The first-order chi connectivity index (χ1) is 6.42. The zero-order valence-corrected chi connectivity index (χ0v) is 7.22. The number of fused-ring (bicyclic) bond motifs is 3. The highest BCUT2D eigenvalue weighted by atomic mass is 16.7. The van der Waals surface area contributed by atoms with Crippen LogP contribution < -0.4 is 0 Å². The molecule has 4 fully saturated rings. The molecule has 4 nitrogen and oxygen atoms in total. The Bertz CT molecular complexity index is 240. The highest BCUT2D eigenvalue weighted by molar-refractivity contribution is 5.12. The van der Waals surface area contributed by atoms with E-state index in [1.807, 2.05) is 0 Å². The summed E-state index contributed by atoms with van der Waals surface area (Å²) in [6.07, 6.45) is 3.13. The molecule has 0 bridgehead atoms. The summed E-state index contributed by atoms with van der Waals surface area (Å²) in [6, 6.07) is 0. The summed E-state index contributed by atoms with van der Waals surface area (Å²) in [5, 5.41) is 0. The van der Waals surface area contributed by atoms with Crippen molar-refractivity contribution in [3.8, 4) is 0 Å². The van der Waals surface area contributed by atoms with Crippen molar-refractivity contribution in [3.63, 3.8) is 0 Å². The maximum absolute atomic E-state index is 5.73. The van der Waals surface area contributed by atoms with Crippen molar-refractivity contribution in [3.05, 3.63) is 0 Å². The molecular weight excluding hydrogens is 172 g/mol. The molecule has 0 aromatic rings. The Labute approximate surface area is 76.1 Å². The van der Waals surface area contributed by atoms with Crippen LogP contribution in [0.4, 0.5) is 0 Å². The van der Waals surface area contributed by atoms with Gasteiger partial charge in [0.15, 0.2) is 0 Å². The van der Waals surface area contributed by atoms with Crippen molar-refractivity contribution in [2.45, 2.75) is 43.0 Å². The maximum Gasteiger partial charge on any atom is 0.116 e. The standard InChI is InChI=1S/C9H12O4/c1-5(11-3-4-2-10-4)7-9(13-7)8-6(1)12-8/h4-9H,1-3H2. The maximum atomic E-state index is 5.73. The van der Waals surface area contributed by atoms with Gasteiger partial charge in [-0.05, 0) is 0 Å². The van der Waals surface area contributed by atoms with Gasteiger partial charge < -0.3 is 18.9 Å². The van der Waals surface area contributed by atoms with Gasteiger partial charge in [-0.1, -0.05) is 0 Å². The number of hydrogen-bond acceptors (Lipinski definition) is 4. The van der Waals surface area contributed by atoms with Gasteiger partial charge in [0.05, 0.1) is 25.4 Å². The lowest BCUT2D eigenvalue weighted by atomic mass is 9.98. The van der Waals surface area contributed by atoms with Crippen LogP contribution >= 0.6 is 0 Å². The molecule has 4 heteroatoms. The van der Waals surface area contributed by atoms with Crippen molar-refractivity contribution < 1.29 is 18.9 Å². The van der Waals surface area contributed by atoms with Crippen molar-refractivity contribution in [1.82, 2.24) is 0 Å². The average Bonchev–Trinajstić information content (AvgIpc) is 2.95. The molecule has 0 spiro atoms. The third-order valence-electron chi connectivity index (χ3n) is 3.24. The number of hydrogen-bond donors (Lipinski definition) is 0. The van der Waals surface area contributed by atoms with Crippen molar-refractivity contribution in [2.24, 2.45) is 0 Å². The Morgan fingerprint density at radius 3 is 2.92 bits per heavy atom. The molecule has 72 valence electrons. The molecule has 4 rings (SSSR count). The normalized spacial score (nSPS) is 60.9. The summed E-state index contributed by atoms with van der Waals surface area (Å²) in [7, 11) is 0. The first-order valence-electron chi connectivity index (χ1n) is 4.96. The Morgan fingerprint density at radius 2 is 2.08 bits per heavy atom. The van der Waals surface area contributed by atoms with E-state index >= 15 is 0 Å². The molecule has 0 N–H and O–H groups in total. The first kappa shape index (κ1) is 7.17. The van der Waals surface area contributed by atoms with Crippen LogP contribution in [0.5, 0.6) is 0 Å². The highest BCUT2D eigenvalue weighted by Gasteiger charge is 2.65. The van der Waals surface area contributed by atoms with Crippen LogP contribution in [0.15, 0.2) is 0 Å². The van der Waals surface area contributed by atoms with Gasteiger partial charge in [0, 0.05) is 6.42 Å². The minimum absolute atomic E-state index is 0.262. The van der Waals surface area contributed by atoms with Gasteiger partial charge in [-0.2, -0.15) is 0 Å². The molecule has 6 atom stereocenters. The zero-order valence-electron chi connectivity index (χ0n) is 7.22. The largest absolute Gasteiger partial charge is 0.373 e. The van der Waals surface area contributed by atoms with Gasteiger partial charge in [0.2, 0.25) is 0 Å². The van der Waals surface area contributed by atoms with Crippen LogP contribution in [0, 0.1) is 0 Å². The highest BCUT2D eigenvalue weighted by Crippen LogP contribution is 2.49. The van der Waals surface area contributed by atoms with E-state index < -0.39 is 0 Å².